The Morgan fingerprint density at radius 1 is 1.20 bits per heavy atom. The molecule has 0 unspecified atom stereocenters. The number of hydrogen-bond acceptors (Lipinski definition) is 3. The molecule has 20 heavy (non-hydrogen) atoms. The van der Waals surface area contributed by atoms with Crippen LogP contribution in [0.5, 0.6) is 5.75 Å². The van der Waals surface area contributed by atoms with E-state index in [9.17, 15) is 12.8 Å². The Morgan fingerprint density at radius 3 is 2.55 bits per heavy atom. The Balaban J connectivity index is 2.41. The molecule has 4 nitrogen and oxygen atoms in total. The first-order chi connectivity index (χ1) is 9.44. The summed E-state index contributed by atoms with van der Waals surface area (Å²) in [5.41, 5.74) is 0.120. The molecule has 2 rings (SSSR count). The molecule has 0 aliphatic heterocycles. The van der Waals surface area contributed by atoms with Crippen molar-refractivity contribution in [1.29, 1.82) is 0 Å². The van der Waals surface area contributed by atoms with E-state index in [-0.39, 0.29) is 10.7 Å². The zero-order valence-corrected chi connectivity index (χ0v) is 12.0. The van der Waals surface area contributed by atoms with E-state index in [1.165, 1.54) is 37.4 Å². The molecule has 0 heterocycles. The van der Waals surface area contributed by atoms with Gasteiger partial charge in [0.05, 0.1) is 17.8 Å². The maximum Gasteiger partial charge on any atom is 0.264 e. The maximum absolute atomic E-state index is 13.6. The first-order valence-electron chi connectivity index (χ1n) is 5.55. The van der Waals surface area contributed by atoms with Crippen molar-refractivity contribution in [2.24, 2.45) is 0 Å². The summed E-state index contributed by atoms with van der Waals surface area (Å²) in [6.45, 7) is 0. The van der Waals surface area contributed by atoms with Crippen LogP contribution >= 0.6 is 11.6 Å². The molecule has 0 bridgehead atoms. The molecule has 0 aliphatic carbocycles. The van der Waals surface area contributed by atoms with Gasteiger partial charge in [-0.05, 0) is 24.3 Å². The predicted molar refractivity (Wildman–Crippen MR) is 75.2 cm³/mol. The van der Waals surface area contributed by atoms with Crippen LogP contribution in [0.1, 0.15) is 0 Å². The molecule has 0 spiro atoms. The van der Waals surface area contributed by atoms with Crippen molar-refractivity contribution in [3.05, 3.63) is 53.3 Å². The molecule has 2 aromatic carbocycles. The highest BCUT2D eigenvalue weighted by Crippen LogP contribution is 2.29. The van der Waals surface area contributed by atoms with Crippen LogP contribution in [-0.2, 0) is 10.0 Å². The summed E-state index contributed by atoms with van der Waals surface area (Å²) < 4.78 is 45.0. The third-order valence-corrected chi connectivity index (χ3v) is 4.27. The lowest BCUT2D eigenvalue weighted by Gasteiger charge is -2.11. The van der Waals surface area contributed by atoms with Crippen molar-refractivity contribution in [2.45, 2.75) is 4.90 Å². The SMILES string of the molecule is COc1ccc(Cl)c(NS(=O)(=O)c2ccccc2F)c1. The zero-order chi connectivity index (χ0) is 14.8. The largest absolute Gasteiger partial charge is 0.497 e. The van der Waals surface area contributed by atoms with E-state index in [1.54, 1.807) is 6.07 Å². The van der Waals surface area contributed by atoms with Gasteiger partial charge in [0.2, 0.25) is 0 Å². The number of benzene rings is 2. The van der Waals surface area contributed by atoms with Gasteiger partial charge in [-0.15, -0.1) is 0 Å². The average molecular weight is 316 g/mol. The number of halogens is 2. The normalized spacial score (nSPS) is 11.2. The van der Waals surface area contributed by atoms with Crippen LogP contribution in [0.3, 0.4) is 0 Å². The lowest BCUT2D eigenvalue weighted by molar-refractivity contribution is 0.415. The molecule has 0 aliphatic rings. The fraction of sp³-hybridized carbons (Fsp3) is 0.0769. The van der Waals surface area contributed by atoms with Crippen LogP contribution in [0.4, 0.5) is 10.1 Å². The topological polar surface area (TPSA) is 55.4 Å². The van der Waals surface area contributed by atoms with E-state index in [0.717, 1.165) is 6.07 Å². The summed E-state index contributed by atoms with van der Waals surface area (Å²) in [6.07, 6.45) is 0. The van der Waals surface area contributed by atoms with E-state index in [4.69, 9.17) is 16.3 Å². The molecule has 0 aromatic heterocycles. The van der Waals surface area contributed by atoms with E-state index < -0.39 is 20.7 Å². The molecule has 0 radical (unpaired) electrons. The molecule has 0 saturated carbocycles. The first kappa shape index (κ1) is 14.6. The van der Waals surface area contributed by atoms with Gasteiger partial charge in [0.1, 0.15) is 16.5 Å². The average Bonchev–Trinajstić information content (AvgIpc) is 2.41. The van der Waals surface area contributed by atoms with Crippen molar-refractivity contribution in [2.75, 3.05) is 11.8 Å². The Labute approximate surface area is 121 Å². The highest BCUT2D eigenvalue weighted by Gasteiger charge is 2.19. The molecule has 106 valence electrons. The van der Waals surface area contributed by atoms with Crippen LogP contribution in [0.25, 0.3) is 0 Å². The Hall–Kier alpha value is -1.79. The van der Waals surface area contributed by atoms with Gasteiger partial charge >= 0.3 is 0 Å². The minimum atomic E-state index is -4.06. The third kappa shape index (κ3) is 3.02. The van der Waals surface area contributed by atoms with E-state index >= 15 is 0 Å². The van der Waals surface area contributed by atoms with Gasteiger partial charge in [-0.3, -0.25) is 4.72 Å². The fourth-order valence-corrected chi connectivity index (χ4v) is 2.94. The van der Waals surface area contributed by atoms with Crippen molar-refractivity contribution in [3.8, 4) is 5.75 Å². The number of ether oxygens (including phenoxy) is 1. The summed E-state index contributed by atoms with van der Waals surface area (Å²) in [5, 5.41) is 0.186. The molecule has 0 fully saturated rings. The number of nitrogens with one attached hydrogen (secondary N) is 1. The predicted octanol–water partition coefficient (Wildman–Crippen LogP) is 3.29. The summed E-state index contributed by atoms with van der Waals surface area (Å²) in [4.78, 5) is -0.445. The monoisotopic (exact) mass is 315 g/mol. The smallest absolute Gasteiger partial charge is 0.264 e. The standard InChI is InChI=1S/C13H11ClFNO3S/c1-19-9-6-7-10(14)12(8-9)16-20(17,18)13-5-3-2-4-11(13)15/h2-8,16H,1H3. The van der Waals surface area contributed by atoms with Crippen LogP contribution in [0, 0.1) is 5.82 Å². The highest BCUT2D eigenvalue weighted by molar-refractivity contribution is 7.92. The summed E-state index contributed by atoms with van der Waals surface area (Å²) in [6, 6.07) is 9.58. The van der Waals surface area contributed by atoms with E-state index in [0.29, 0.717) is 5.75 Å². The number of rotatable bonds is 4. The van der Waals surface area contributed by atoms with Crippen LogP contribution < -0.4 is 9.46 Å². The van der Waals surface area contributed by atoms with Crippen LogP contribution in [0.2, 0.25) is 5.02 Å². The third-order valence-electron chi connectivity index (χ3n) is 2.54. The van der Waals surface area contributed by atoms with E-state index in [2.05, 4.69) is 4.72 Å². The zero-order valence-electron chi connectivity index (χ0n) is 10.4. The Bertz CT molecular complexity index is 734. The minimum absolute atomic E-state index is 0.120. The summed E-state index contributed by atoms with van der Waals surface area (Å²) >= 11 is 5.91. The molecule has 0 atom stereocenters. The molecule has 1 N–H and O–H groups in total. The number of anilines is 1. The van der Waals surface area contributed by atoms with Gasteiger partial charge in [-0.1, -0.05) is 23.7 Å². The second-order valence-corrected chi connectivity index (χ2v) is 5.94. The lowest BCUT2D eigenvalue weighted by Crippen LogP contribution is -2.14. The van der Waals surface area contributed by atoms with Crippen molar-refractivity contribution in [3.63, 3.8) is 0 Å². The van der Waals surface area contributed by atoms with Gasteiger partial charge in [0, 0.05) is 6.07 Å². The lowest BCUT2D eigenvalue weighted by atomic mass is 10.3. The number of sulfonamides is 1. The van der Waals surface area contributed by atoms with Crippen molar-refractivity contribution >= 4 is 27.3 Å². The second-order valence-electron chi connectivity index (χ2n) is 3.88. The molecule has 0 amide bonds. The molecular formula is C13H11ClFNO3S. The molecule has 2 aromatic rings. The molecule has 0 saturated heterocycles. The highest BCUT2D eigenvalue weighted by atomic mass is 35.5. The van der Waals surface area contributed by atoms with Gasteiger partial charge < -0.3 is 4.74 Å². The van der Waals surface area contributed by atoms with E-state index in [1.807, 2.05) is 0 Å². The number of hydrogen-bond donors (Lipinski definition) is 1. The maximum atomic E-state index is 13.6. The Morgan fingerprint density at radius 2 is 1.90 bits per heavy atom. The van der Waals surface area contributed by atoms with Gasteiger partial charge in [-0.2, -0.15) is 0 Å². The first-order valence-corrected chi connectivity index (χ1v) is 7.41. The fourth-order valence-electron chi connectivity index (χ4n) is 1.57. The van der Waals surface area contributed by atoms with Crippen molar-refractivity contribution in [1.82, 2.24) is 0 Å². The van der Waals surface area contributed by atoms with Gasteiger partial charge in [-0.25, -0.2) is 12.8 Å². The molecule has 7 heteroatoms. The van der Waals surface area contributed by atoms with Crippen LogP contribution in [-0.4, -0.2) is 15.5 Å². The summed E-state index contributed by atoms with van der Waals surface area (Å²) in [7, 11) is -2.61. The molecular weight excluding hydrogens is 305 g/mol. The quantitative estimate of drug-likeness (QED) is 0.942. The summed E-state index contributed by atoms with van der Waals surface area (Å²) in [5.74, 6) is -0.403. The van der Waals surface area contributed by atoms with Crippen molar-refractivity contribution < 1.29 is 17.5 Å². The number of methoxy groups -OCH3 is 1. The van der Waals surface area contributed by atoms with Crippen LogP contribution in [0.15, 0.2) is 47.4 Å². The van der Waals surface area contributed by atoms with Gasteiger partial charge in [0.25, 0.3) is 10.0 Å². The minimum Gasteiger partial charge on any atom is -0.497 e. The van der Waals surface area contributed by atoms with Gasteiger partial charge in [0.15, 0.2) is 0 Å². The second kappa shape index (κ2) is 5.68. The Kier molecular flexibility index (Phi) is 4.15.